The first-order valence-corrected chi connectivity index (χ1v) is 5.83. The largest absolute Gasteiger partial charge is 0.472 e. The molecule has 6 N–H and O–H groups in total. The molecule has 96 valence electrons. The highest BCUT2D eigenvalue weighted by molar-refractivity contribution is 7.46. The van der Waals surface area contributed by atoms with Crippen molar-refractivity contribution >= 4 is 7.82 Å². The van der Waals surface area contributed by atoms with Crippen LogP contribution in [0.3, 0.4) is 0 Å². The lowest BCUT2D eigenvalue weighted by molar-refractivity contribution is -0.280. The molecule has 1 fully saturated rings. The van der Waals surface area contributed by atoms with Crippen molar-refractivity contribution in [2.45, 2.75) is 30.7 Å². The van der Waals surface area contributed by atoms with Gasteiger partial charge in [0.1, 0.15) is 24.4 Å². The van der Waals surface area contributed by atoms with Gasteiger partial charge in [0, 0.05) is 0 Å². The maximum atomic E-state index is 10.5. The van der Waals surface area contributed by atoms with Gasteiger partial charge in [-0.2, -0.15) is 0 Å². The van der Waals surface area contributed by atoms with Gasteiger partial charge in [-0.3, -0.25) is 4.52 Å². The summed E-state index contributed by atoms with van der Waals surface area (Å²) in [5, 5.41) is 36.6. The highest BCUT2D eigenvalue weighted by Crippen LogP contribution is 2.40. The monoisotopic (exact) mass is 260 g/mol. The molecule has 1 heterocycles. The summed E-state index contributed by atoms with van der Waals surface area (Å²) in [4.78, 5) is 17.0. The van der Waals surface area contributed by atoms with E-state index in [1.54, 1.807) is 0 Å². The van der Waals surface area contributed by atoms with Gasteiger partial charge in [0.2, 0.25) is 0 Å². The molecular weight excluding hydrogens is 247 g/mol. The Morgan fingerprint density at radius 3 is 2.12 bits per heavy atom. The average Bonchev–Trinajstić information content (AvgIpc) is 2.17. The van der Waals surface area contributed by atoms with Gasteiger partial charge in [0.15, 0.2) is 6.29 Å². The van der Waals surface area contributed by atoms with Gasteiger partial charge in [-0.1, -0.05) is 0 Å². The van der Waals surface area contributed by atoms with Gasteiger partial charge in [-0.25, -0.2) is 4.57 Å². The Morgan fingerprint density at radius 1 is 1.12 bits per heavy atom. The molecule has 1 aliphatic rings. The summed E-state index contributed by atoms with van der Waals surface area (Å²) in [6.45, 7) is -0.702. The molecule has 0 aromatic rings. The fourth-order valence-electron chi connectivity index (χ4n) is 1.29. The number of aliphatic hydroxyl groups is 4. The first-order chi connectivity index (χ1) is 7.26. The van der Waals surface area contributed by atoms with Crippen LogP contribution in [0.15, 0.2) is 0 Å². The zero-order chi connectivity index (χ0) is 12.5. The normalized spacial score (nSPS) is 41.0. The zero-order valence-electron chi connectivity index (χ0n) is 7.95. The minimum Gasteiger partial charge on any atom is -0.394 e. The van der Waals surface area contributed by atoms with Crippen molar-refractivity contribution < 1.29 is 44.0 Å². The maximum Gasteiger partial charge on any atom is 0.472 e. The molecule has 5 atom stereocenters. The lowest BCUT2D eigenvalue weighted by Gasteiger charge is -2.39. The molecule has 0 aliphatic carbocycles. The Kier molecular flexibility index (Phi) is 4.41. The van der Waals surface area contributed by atoms with Crippen molar-refractivity contribution in [3.63, 3.8) is 0 Å². The van der Waals surface area contributed by atoms with Crippen LogP contribution in [0, 0.1) is 0 Å². The van der Waals surface area contributed by atoms with Crippen LogP contribution >= 0.6 is 7.82 Å². The number of phosphoric acid groups is 1. The molecule has 16 heavy (non-hydrogen) atoms. The number of hydrogen-bond donors (Lipinski definition) is 6. The molecule has 0 aromatic heterocycles. The van der Waals surface area contributed by atoms with Crippen molar-refractivity contribution in [2.24, 2.45) is 0 Å². The summed E-state index contributed by atoms with van der Waals surface area (Å²) in [6.07, 6.45) is -8.25. The van der Waals surface area contributed by atoms with E-state index in [9.17, 15) is 19.9 Å². The molecular formula is C6H13O9P. The minimum atomic E-state index is -4.91. The van der Waals surface area contributed by atoms with E-state index < -0.39 is 45.1 Å². The lowest BCUT2D eigenvalue weighted by Crippen LogP contribution is -2.58. The summed E-state index contributed by atoms with van der Waals surface area (Å²) in [6, 6.07) is 0. The molecule has 1 saturated heterocycles. The quantitative estimate of drug-likeness (QED) is 0.289. The third-order valence-corrected chi connectivity index (χ3v) is 2.57. The van der Waals surface area contributed by atoms with E-state index in [1.807, 2.05) is 0 Å². The molecule has 0 saturated carbocycles. The van der Waals surface area contributed by atoms with Gasteiger partial charge in [-0.15, -0.1) is 0 Å². The lowest BCUT2D eigenvalue weighted by atomic mass is 10.00. The van der Waals surface area contributed by atoms with E-state index >= 15 is 0 Å². The fraction of sp³-hybridized carbons (Fsp3) is 1.00. The summed E-state index contributed by atoms with van der Waals surface area (Å²) < 4.78 is 19.2. The summed E-state index contributed by atoms with van der Waals surface area (Å²) in [5.74, 6) is 0. The Bertz CT molecular complexity index is 275. The maximum absolute atomic E-state index is 10.5. The number of phosphoric ester groups is 1. The summed E-state index contributed by atoms with van der Waals surface area (Å²) in [5.41, 5.74) is 0. The van der Waals surface area contributed by atoms with Gasteiger partial charge >= 0.3 is 7.82 Å². The molecule has 0 spiro atoms. The van der Waals surface area contributed by atoms with E-state index in [0.29, 0.717) is 0 Å². The smallest absolute Gasteiger partial charge is 0.394 e. The minimum absolute atomic E-state index is 0.702. The van der Waals surface area contributed by atoms with E-state index in [0.717, 1.165) is 0 Å². The van der Waals surface area contributed by atoms with Gasteiger partial charge in [0.25, 0.3) is 0 Å². The topological polar surface area (TPSA) is 157 Å². The van der Waals surface area contributed by atoms with Crippen molar-refractivity contribution in [2.75, 3.05) is 6.61 Å². The second-order valence-electron chi connectivity index (χ2n) is 3.29. The fourth-order valence-corrected chi connectivity index (χ4v) is 1.73. The molecule has 0 bridgehead atoms. The van der Waals surface area contributed by atoms with Crippen molar-refractivity contribution in [1.82, 2.24) is 0 Å². The van der Waals surface area contributed by atoms with Crippen LogP contribution in [0.4, 0.5) is 0 Å². The molecule has 1 rings (SSSR count). The second-order valence-corrected chi connectivity index (χ2v) is 4.49. The van der Waals surface area contributed by atoms with Gasteiger partial charge < -0.3 is 34.9 Å². The predicted molar refractivity (Wildman–Crippen MR) is 46.9 cm³/mol. The first-order valence-electron chi connectivity index (χ1n) is 4.30. The summed E-state index contributed by atoms with van der Waals surface area (Å²) in [7, 11) is -4.91. The second kappa shape index (κ2) is 5.05. The van der Waals surface area contributed by atoms with Gasteiger partial charge in [-0.05, 0) is 0 Å². The van der Waals surface area contributed by atoms with Crippen LogP contribution < -0.4 is 0 Å². The van der Waals surface area contributed by atoms with Crippen molar-refractivity contribution in [3.8, 4) is 0 Å². The molecule has 9 nitrogen and oxygen atoms in total. The standard InChI is InChI=1S/C6H13O9P/c7-1-2-3(8)4(9)5(10)6(14-2)15-16(11,12)13/h2-10H,1H2,(H2,11,12,13)/t2-,3-,4-,5+,6-/m1/s1. The Balaban J connectivity index is 2.75. The number of hydrogen-bond acceptors (Lipinski definition) is 7. The van der Waals surface area contributed by atoms with E-state index in [2.05, 4.69) is 9.26 Å². The van der Waals surface area contributed by atoms with Crippen molar-refractivity contribution in [1.29, 1.82) is 0 Å². The Morgan fingerprint density at radius 2 is 1.69 bits per heavy atom. The molecule has 0 amide bonds. The zero-order valence-corrected chi connectivity index (χ0v) is 8.84. The van der Waals surface area contributed by atoms with Crippen LogP contribution in [0.1, 0.15) is 0 Å². The van der Waals surface area contributed by atoms with E-state index in [-0.39, 0.29) is 0 Å². The Hall–Kier alpha value is -0.0900. The number of ether oxygens (including phenoxy) is 1. The Labute approximate surface area is 90.1 Å². The number of rotatable bonds is 3. The average molecular weight is 260 g/mol. The first kappa shape index (κ1) is 14.0. The van der Waals surface area contributed by atoms with Crippen LogP contribution in [0.5, 0.6) is 0 Å². The molecule has 0 aromatic carbocycles. The van der Waals surface area contributed by atoms with Crippen LogP contribution in [0.25, 0.3) is 0 Å². The molecule has 1 aliphatic heterocycles. The number of aliphatic hydroxyl groups excluding tert-OH is 4. The third-order valence-electron chi connectivity index (χ3n) is 2.09. The van der Waals surface area contributed by atoms with Crippen LogP contribution in [0.2, 0.25) is 0 Å². The van der Waals surface area contributed by atoms with Crippen LogP contribution in [-0.2, 0) is 13.8 Å². The molecule has 10 heteroatoms. The van der Waals surface area contributed by atoms with E-state index in [1.165, 1.54) is 0 Å². The van der Waals surface area contributed by atoms with Gasteiger partial charge in [0.05, 0.1) is 6.61 Å². The summed E-state index contributed by atoms with van der Waals surface area (Å²) >= 11 is 0. The highest BCUT2D eigenvalue weighted by Gasteiger charge is 2.46. The highest BCUT2D eigenvalue weighted by atomic mass is 31.2. The van der Waals surface area contributed by atoms with Crippen molar-refractivity contribution in [3.05, 3.63) is 0 Å². The SMILES string of the molecule is O=P(O)(O)O[C@H]1O[C@H](CO)[C@@H](O)[C@@H](O)[C@@H]1O. The molecule has 0 radical (unpaired) electrons. The predicted octanol–water partition coefficient (Wildman–Crippen LogP) is -3.10. The third kappa shape index (κ3) is 3.20. The molecule has 0 unspecified atom stereocenters. The van der Waals surface area contributed by atoms with Crippen LogP contribution in [-0.4, -0.2) is 67.5 Å². The van der Waals surface area contributed by atoms with E-state index in [4.69, 9.17) is 14.9 Å².